The molecular formula is C18H18ClF3N4O2S2. The zero-order valence-corrected chi connectivity index (χ0v) is 18.2. The first kappa shape index (κ1) is 22.8. The van der Waals surface area contributed by atoms with Gasteiger partial charge in [-0.1, -0.05) is 23.4 Å². The van der Waals surface area contributed by atoms with Crippen LogP contribution in [-0.4, -0.2) is 45.5 Å². The number of rotatable bonds is 5. The summed E-state index contributed by atoms with van der Waals surface area (Å²) in [6.45, 7) is 2.72. The predicted octanol–water partition coefficient (Wildman–Crippen LogP) is 4.49. The van der Waals surface area contributed by atoms with Gasteiger partial charge >= 0.3 is 6.18 Å². The molecule has 162 valence electrons. The number of halogens is 4. The second kappa shape index (κ2) is 9.52. The summed E-state index contributed by atoms with van der Waals surface area (Å²) in [6.07, 6.45) is -2.75. The lowest BCUT2D eigenvalue weighted by Crippen LogP contribution is -2.42. The molecule has 30 heavy (non-hydrogen) atoms. The summed E-state index contributed by atoms with van der Waals surface area (Å²) < 4.78 is 38.0. The van der Waals surface area contributed by atoms with Gasteiger partial charge in [0.1, 0.15) is 5.03 Å². The smallest absolute Gasteiger partial charge is 0.342 e. The molecule has 1 aliphatic rings. The van der Waals surface area contributed by atoms with Crippen molar-refractivity contribution in [3.05, 3.63) is 33.9 Å². The summed E-state index contributed by atoms with van der Waals surface area (Å²) in [5, 5.41) is 5.25. The van der Waals surface area contributed by atoms with Crippen LogP contribution in [0, 0.1) is 12.8 Å². The van der Waals surface area contributed by atoms with Crippen LogP contribution in [0.15, 0.2) is 22.7 Å². The number of aryl methyl sites for hydroxylation is 1. The van der Waals surface area contributed by atoms with E-state index in [1.165, 1.54) is 11.3 Å². The molecular weight excluding hydrogens is 461 g/mol. The van der Waals surface area contributed by atoms with Gasteiger partial charge in [-0.25, -0.2) is 9.97 Å². The van der Waals surface area contributed by atoms with Crippen LogP contribution in [0.3, 0.4) is 0 Å². The van der Waals surface area contributed by atoms with Crippen molar-refractivity contribution >= 4 is 51.6 Å². The van der Waals surface area contributed by atoms with E-state index in [-0.39, 0.29) is 33.5 Å². The first-order valence-corrected chi connectivity index (χ1v) is 11.2. The number of thiazole rings is 1. The van der Waals surface area contributed by atoms with Crippen LogP contribution in [0.25, 0.3) is 0 Å². The number of pyridine rings is 1. The Hall–Kier alpha value is -1.85. The van der Waals surface area contributed by atoms with Crippen LogP contribution < -0.4 is 5.32 Å². The normalized spacial score (nSPS) is 15.3. The fourth-order valence-electron chi connectivity index (χ4n) is 2.92. The molecule has 0 saturated carbocycles. The highest BCUT2D eigenvalue weighted by atomic mass is 35.5. The van der Waals surface area contributed by atoms with Gasteiger partial charge in [0.15, 0.2) is 5.13 Å². The summed E-state index contributed by atoms with van der Waals surface area (Å²) in [7, 11) is 0. The van der Waals surface area contributed by atoms with Crippen molar-refractivity contribution in [2.75, 3.05) is 24.2 Å². The second-order valence-corrected chi connectivity index (χ2v) is 8.97. The summed E-state index contributed by atoms with van der Waals surface area (Å²) in [4.78, 5) is 34.3. The maximum atomic E-state index is 12.7. The molecule has 3 heterocycles. The van der Waals surface area contributed by atoms with Gasteiger partial charge < -0.3 is 10.2 Å². The maximum absolute atomic E-state index is 12.7. The highest BCUT2D eigenvalue weighted by Gasteiger charge is 2.32. The number of likely N-dealkylation sites (tertiary alicyclic amines) is 1. The minimum absolute atomic E-state index is 0.00728. The Kier molecular flexibility index (Phi) is 7.25. The van der Waals surface area contributed by atoms with Crippen LogP contribution in [-0.2, 0) is 15.8 Å². The maximum Gasteiger partial charge on any atom is 0.417 e. The molecule has 0 bridgehead atoms. The van der Waals surface area contributed by atoms with Gasteiger partial charge in [-0.05, 0) is 25.8 Å². The van der Waals surface area contributed by atoms with Gasteiger partial charge in [0.25, 0.3) is 0 Å². The van der Waals surface area contributed by atoms with Crippen molar-refractivity contribution in [1.29, 1.82) is 0 Å². The molecule has 2 aromatic rings. The third kappa shape index (κ3) is 5.86. The van der Waals surface area contributed by atoms with Crippen molar-refractivity contribution in [2.24, 2.45) is 5.92 Å². The zero-order valence-electron chi connectivity index (χ0n) is 15.8. The molecule has 0 radical (unpaired) electrons. The van der Waals surface area contributed by atoms with Crippen LogP contribution in [0.5, 0.6) is 0 Å². The monoisotopic (exact) mass is 478 g/mol. The number of carbonyl (C=O) groups is 2. The number of carbonyl (C=O) groups excluding carboxylic acids is 2. The Bertz CT molecular complexity index is 930. The van der Waals surface area contributed by atoms with Gasteiger partial charge in [-0.2, -0.15) is 13.2 Å². The number of amides is 2. The van der Waals surface area contributed by atoms with E-state index in [0.29, 0.717) is 37.3 Å². The van der Waals surface area contributed by atoms with Crippen molar-refractivity contribution in [3.8, 4) is 0 Å². The van der Waals surface area contributed by atoms with E-state index >= 15 is 0 Å². The van der Waals surface area contributed by atoms with Crippen molar-refractivity contribution < 1.29 is 22.8 Å². The number of thioether (sulfide) groups is 1. The number of hydrogen-bond donors (Lipinski definition) is 1. The summed E-state index contributed by atoms with van der Waals surface area (Å²) >= 11 is 8.23. The largest absolute Gasteiger partial charge is 0.417 e. The first-order chi connectivity index (χ1) is 14.1. The minimum atomic E-state index is -4.52. The lowest BCUT2D eigenvalue weighted by Gasteiger charge is -2.31. The van der Waals surface area contributed by atoms with Gasteiger partial charge in [0.05, 0.1) is 22.0 Å². The van der Waals surface area contributed by atoms with E-state index in [9.17, 15) is 22.8 Å². The summed E-state index contributed by atoms with van der Waals surface area (Å²) in [6, 6.07) is 0.801. The molecule has 2 amide bonds. The van der Waals surface area contributed by atoms with Crippen molar-refractivity contribution in [1.82, 2.24) is 14.9 Å². The van der Waals surface area contributed by atoms with E-state index in [0.717, 1.165) is 23.5 Å². The van der Waals surface area contributed by atoms with E-state index < -0.39 is 11.7 Å². The Balaban J connectivity index is 1.47. The lowest BCUT2D eigenvalue weighted by molar-refractivity contribution is -0.138. The van der Waals surface area contributed by atoms with Crippen LogP contribution >= 0.6 is 34.7 Å². The number of anilines is 1. The quantitative estimate of drug-likeness (QED) is 0.641. The summed E-state index contributed by atoms with van der Waals surface area (Å²) in [5.74, 6) is -0.469. The highest BCUT2D eigenvalue weighted by Crippen LogP contribution is 2.34. The molecule has 1 fully saturated rings. The van der Waals surface area contributed by atoms with Gasteiger partial charge in [0.2, 0.25) is 11.8 Å². The number of nitrogens with zero attached hydrogens (tertiary/aromatic N) is 3. The number of hydrogen-bond acceptors (Lipinski definition) is 6. The second-order valence-electron chi connectivity index (χ2n) is 6.74. The standard InChI is InChI=1S/C18H18ClF3N4O2S2/c1-10-8-30-17(24-10)25-15(28)11-2-4-26(5-3-11)14(27)9-29-16-13(19)6-12(7-23-16)18(20,21)22/h6-8,11H,2-5,9H2,1H3,(H,24,25,28). The average molecular weight is 479 g/mol. The molecule has 0 atom stereocenters. The fourth-order valence-corrected chi connectivity index (χ4v) is 4.71. The van der Waals surface area contributed by atoms with E-state index in [2.05, 4.69) is 15.3 Å². The number of piperidine rings is 1. The summed E-state index contributed by atoms with van der Waals surface area (Å²) in [5.41, 5.74) is -0.0905. The van der Waals surface area contributed by atoms with Crippen molar-refractivity contribution in [3.63, 3.8) is 0 Å². The fraction of sp³-hybridized carbons (Fsp3) is 0.444. The molecule has 0 aromatic carbocycles. The average Bonchev–Trinajstić information content (AvgIpc) is 3.10. The molecule has 12 heteroatoms. The molecule has 6 nitrogen and oxygen atoms in total. The Labute approximate surface area is 184 Å². The molecule has 0 unspecified atom stereocenters. The van der Waals surface area contributed by atoms with Crippen molar-refractivity contribution in [2.45, 2.75) is 31.0 Å². The number of nitrogens with one attached hydrogen (secondary N) is 1. The Morgan fingerprint density at radius 2 is 2.07 bits per heavy atom. The highest BCUT2D eigenvalue weighted by molar-refractivity contribution is 8.00. The van der Waals surface area contributed by atoms with Crippen LogP contribution in [0.2, 0.25) is 5.02 Å². The number of aromatic nitrogens is 2. The third-order valence-electron chi connectivity index (χ3n) is 4.53. The van der Waals surface area contributed by atoms with Crippen LogP contribution in [0.1, 0.15) is 24.1 Å². The lowest BCUT2D eigenvalue weighted by atomic mass is 9.96. The van der Waals surface area contributed by atoms with Crippen LogP contribution in [0.4, 0.5) is 18.3 Å². The van der Waals surface area contributed by atoms with Gasteiger partial charge in [-0.15, -0.1) is 11.3 Å². The SMILES string of the molecule is Cc1csc(NC(=O)C2CCN(C(=O)CSc3ncc(C(F)(F)F)cc3Cl)CC2)n1. The third-order valence-corrected chi connectivity index (χ3v) is 6.80. The molecule has 3 rings (SSSR count). The van der Waals surface area contributed by atoms with Gasteiger partial charge in [0, 0.05) is 30.6 Å². The zero-order chi connectivity index (χ0) is 21.9. The minimum Gasteiger partial charge on any atom is -0.342 e. The number of alkyl halides is 3. The Morgan fingerprint density at radius 1 is 1.37 bits per heavy atom. The molecule has 0 spiro atoms. The van der Waals surface area contributed by atoms with Gasteiger partial charge in [-0.3, -0.25) is 9.59 Å². The molecule has 1 aliphatic heterocycles. The molecule has 2 aromatic heterocycles. The molecule has 1 N–H and O–H groups in total. The molecule has 1 saturated heterocycles. The van der Waals surface area contributed by atoms with E-state index in [1.807, 2.05) is 12.3 Å². The molecule has 0 aliphatic carbocycles. The predicted molar refractivity (Wildman–Crippen MR) is 110 cm³/mol. The van der Waals surface area contributed by atoms with E-state index in [1.54, 1.807) is 4.90 Å². The first-order valence-electron chi connectivity index (χ1n) is 9.00. The Morgan fingerprint density at radius 3 is 2.63 bits per heavy atom. The topological polar surface area (TPSA) is 75.2 Å². The van der Waals surface area contributed by atoms with E-state index in [4.69, 9.17) is 11.6 Å².